The van der Waals surface area contributed by atoms with Gasteiger partial charge < -0.3 is 5.11 Å². The number of halogens is 2. The molecule has 0 saturated carbocycles. The predicted molar refractivity (Wildman–Crippen MR) is 42.0 cm³/mol. The number of carboxylic acid groups (broad SMARTS) is 1. The van der Waals surface area contributed by atoms with E-state index in [0.717, 1.165) is 0 Å². The summed E-state index contributed by atoms with van der Waals surface area (Å²) in [4.78, 5) is 10.5. The molecule has 1 rings (SSSR count). The summed E-state index contributed by atoms with van der Waals surface area (Å²) in [6.07, 6.45) is -0.855. The van der Waals surface area contributed by atoms with Gasteiger partial charge in [0.25, 0.3) is 5.92 Å². The van der Waals surface area contributed by atoms with Crippen LogP contribution >= 0.6 is 9.39 Å². The fourth-order valence-corrected chi connectivity index (χ4v) is 1.54. The molecule has 1 N–H and O–H groups in total. The molecular formula is C6H10F2NO2P. The molecule has 0 aromatic heterocycles. The van der Waals surface area contributed by atoms with Crippen LogP contribution in [0.1, 0.15) is 12.8 Å². The Morgan fingerprint density at radius 3 is 2.67 bits per heavy atom. The van der Waals surface area contributed by atoms with Crippen LogP contribution in [0, 0.1) is 0 Å². The van der Waals surface area contributed by atoms with Crippen molar-refractivity contribution in [1.82, 2.24) is 4.67 Å². The minimum absolute atomic E-state index is 0.106. The van der Waals surface area contributed by atoms with E-state index < -0.39 is 24.4 Å². The highest BCUT2D eigenvalue weighted by Gasteiger charge is 2.42. The van der Waals surface area contributed by atoms with Gasteiger partial charge in [-0.25, -0.2) is 8.78 Å². The topological polar surface area (TPSA) is 40.5 Å². The van der Waals surface area contributed by atoms with E-state index in [1.807, 2.05) is 0 Å². The van der Waals surface area contributed by atoms with Crippen molar-refractivity contribution in [3.63, 3.8) is 0 Å². The molecule has 2 unspecified atom stereocenters. The molecule has 12 heavy (non-hydrogen) atoms. The van der Waals surface area contributed by atoms with Gasteiger partial charge in [-0.05, 0) is 0 Å². The van der Waals surface area contributed by atoms with Crippen molar-refractivity contribution in [3.05, 3.63) is 0 Å². The Labute approximate surface area is 71.0 Å². The third-order valence-corrected chi connectivity index (χ3v) is 2.53. The Morgan fingerprint density at radius 1 is 1.67 bits per heavy atom. The standard InChI is InChI=1S/C6H10F2NO2P/c7-6(8)1-2-9(12)4(3-6)5(10)11/h4H,1-3,12H2,(H,10,11). The second-order valence-corrected chi connectivity index (χ2v) is 3.57. The molecule has 70 valence electrons. The van der Waals surface area contributed by atoms with Crippen molar-refractivity contribution < 1.29 is 18.7 Å². The van der Waals surface area contributed by atoms with Gasteiger partial charge in [-0.15, -0.1) is 0 Å². The number of rotatable bonds is 1. The largest absolute Gasteiger partial charge is 0.480 e. The SMILES string of the molecule is O=C(O)C1CC(F)(F)CCN1P. The van der Waals surface area contributed by atoms with E-state index in [1.54, 1.807) is 0 Å². The van der Waals surface area contributed by atoms with Crippen LogP contribution in [0.5, 0.6) is 0 Å². The minimum Gasteiger partial charge on any atom is -0.480 e. The third kappa shape index (κ3) is 2.11. The lowest BCUT2D eigenvalue weighted by Crippen LogP contribution is -2.46. The Balaban J connectivity index is 2.66. The maximum atomic E-state index is 12.7. The maximum Gasteiger partial charge on any atom is 0.321 e. The molecule has 0 aliphatic carbocycles. The summed E-state index contributed by atoms with van der Waals surface area (Å²) < 4.78 is 26.7. The van der Waals surface area contributed by atoms with Gasteiger partial charge in [-0.2, -0.15) is 0 Å². The van der Waals surface area contributed by atoms with E-state index in [1.165, 1.54) is 4.67 Å². The Morgan fingerprint density at radius 2 is 2.25 bits per heavy atom. The second-order valence-electron chi connectivity index (χ2n) is 2.90. The van der Waals surface area contributed by atoms with Crippen LogP contribution in [0.2, 0.25) is 0 Å². The van der Waals surface area contributed by atoms with Gasteiger partial charge in [0, 0.05) is 19.4 Å². The fourth-order valence-electron chi connectivity index (χ4n) is 1.18. The molecule has 6 heteroatoms. The number of nitrogens with zero attached hydrogens (tertiary/aromatic N) is 1. The minimum atomic E-state index is -2.82. The van der Waals surface area contributed by atoms with Gasteiger partial charge >= 0.3 is 5.97 Å². The predicted octanol–water partition coefficient (Wildman–Crippen LogP) is 0.961. The monoisotopic (exact) mass is 197 g/mol. The highest BCUT2D eigenvalue weighted by atomic mass is 31.0. The second kappa shape index (κ2) is 3.23. The maximum absolute atomic E-state index is 12.7. The van der Waals surface area contributed by atoms with Crippen LogP contribution in [0.25, 0.3) is 0 Å². The first kappa shape index (κ1) is 9.81. The molecule has 0 aromatic carbocycles. The average Bonchev–Trinajstić information content (AvgIpc) is 1.94. The summed E-state index contributed by atoms with van der Waals surface area (Å²) in [6.45, 7) is 0.106. The molecular weight excluding hydrogens is 187 g/mol. The summed E-state index contributed by atoms with van der Waals surface area (Å²) in [5, 5.41) is 8.55. The summed E-state index contributed by atoms with van der Waals surface area (Å²) >= 11 is 0. The van der Waals surface area contributed by atoms with E-state index in [2.05, 4.69) is 9.39 Å². The van der Waals surface area contributed by atoms with Crippen LogP contribution < -0.4 is 0 Å². The smallest absolute Gasteiger partial charge is 0.321 e. The van der Waals surface area contributed by atoms with Crippen molar-refractivity contribution in [2.75, 3.05) is 6.54 Å². The molecule has 1 fully saturated rings. The van der Waals surface area contributed by atoms with Gasteiger partial charge in [-0.1, -0.05) is 9.39 Å². The van der Waals surface area contributed by atoms with Crippen LogP contribution in [0.4, 0.5) is 8.78 Å². The van der Waals surface area contributed by atoms with E-state index in [-0.39, 0.29) is 13.0 Å². The number of hydrogen-bond donors (Lipinski definition) is 1. The summed E-state index contributed by atoms with van der Waals surface area (Å²) in [5.41, 5.74) is 0. The van der Waals surface area contributed by atoms with Gasteiger partial charge in [0.05, 0.1) is 0 Å². The summed E-state index contributed by atoms with van der Waals surface area (Å²) in [6, 6.07) is -1.07. The van der Waals surface area contributed by atoms with Crippen LogP contribution in [-0.2, 0) is 4.79 Å². The quantitative estimate of drug-likeness (QED) is 0.636. The van der Waals surface area contributed by atoms with Crippen molar-refractivity contribution in [3.8, 4) is 0 Å². The highest BCUT2D eigenvalue weighted by molar-refractivity contribution is 7.13. The summed E-state index contributed by atoms with van der Waals surface area (Å²) in [7, 11) is 2.16. The highest BCUT2D eigenvalue weighted by Crippen LogP contribution is 2.33. The zero-order chi connectivity index (χ0) is 9.35. The van der Waals surface area contributed by atoms with Crippen LogP contribution in [0.15, 0.2) is 0 Å². The Kier molecular flexibility index (Phi) is 2.64. The zero-order valence-corrected chi connectivity index (χ0v) is 7.49. The van der Waals surface area contributed by atoms with Crippen molar-refractivity contribution >= 4 is 15.4 Å². The molecule has 0 aromatic rings. The number of carboxylic acids is 1. The normalized spacial score (nSPS) is 30.1. The fraction of sp³-hybridized carbons (Fsp3) is 0.833. The molecule has 1 aliphatic rings. The van der Waals surface area contributed by atoms with Gasteiger partial charge in [0.1, 0.15) is 6.04 Å². The zero-order valence-electron chi connectivity index (χ0n) is 6.33. The van der Waals surface area contributed by atoms with Gasteiger partial charge in [-0.3, -0.25) is 9.46 Å². The van der Waals surface area contributed by atoms with Crippen molar-refractivity contribution in [2.24, 2.45) is 0 Å². The number of hydrogen-bond acceptors (Lipinski definition) is 2. The van der Waals surface area contributed by atoms with Gasteiger partial charge in [0.2, 0.25) is 0 Å². The van der Waals surface area contributed by atoms with Crippen LogP contribution in [0.3, 0.4) is 0 Å². The lowest BCUT2D eigenvalue weighted by Gasteiger charge is -2.33. The molecule has 1 heterocycles. The average molecular weight is 197 g/mol. The first-order valence-electron chi connectivity index (χ1n) is 3.54. The summed E-state index contributed by atoms with van der Waals surface area (Å²) in [5.74, 6) is -4.01. The molecule has 0 amide bonds. The van der Waals surface area contributed by atoms with Gasteiger partial charge in [0.15, 0.2) is 0 Å². The molecule has 3 nitrogen and oxygen atoms in total. The first-order chi connectivity index (χ1) is 5.42. The molecule has 0 spiro atoms. The Bertz CT molecular complexity index is 200. The lowest BCUT2D eigenvalue weighted by atomic mass is 10.0. The Hall–Kier alpha value is -0.280. The third-order valence-electron chi connectivity index (χ3n) is 1.91. The molecule has 0 bridgehead atoms. The number of piperidine rings is 1. The molecule has 0 radical (unpaired) electrons. The van der Waals surface area contributed by atoms with E-state index in [4.69, 9.17) is 5.11 Å². The van der Waals surface area contributed by atoms with E-state index in [0.29, 0.717) is 0 Å². The molecule has 2 atom stereocenters. The number of carbonyl (C=O) groups is 1. The van der Waals surface area contributed by atoms with E-state index in [9.17, 15) is 13.6 Å². The van der Waals surface area contributed by atoms with E-state index >= 15 is 0 Å². The molecule has 1 aliphatic heterocycles. The molecule has 1 saturated heterocycles. The number of aliphatic carboxylic acids is 1. The lowest BCUT2D eigenvalue weighted by molar-refractivity contribution is -0.148. The first-order valence-corrected chi connectivity index (χ1v) is 4.06. The number of alkyl halides is 2. The van der Waals surface area contributed by atoms with Crippen molar-refractivity contribution in [1.29, 1.82) is 0 Å². The van der Waals surface area contributed by atoms with Crippen LogP contribution in [-0.4, -0.2) is 34.3 Å². The van der Waals surface area contributed by atoms with Crippen molar-refractivity contribution in [2.45, 2.75) is 24.8 Å².